The SMILES string of the molecule is Cc1c(-c2ccccc2C(F)(F)F)[nH]c2ccc(C#N)cc12. The third-order valence-electron chi connectivity index (χ3n) is 3.69. The van der Waals surface area contributed by atoms with Gasteiger partial charge in [-0.2, -0.15) is 18.4 Å². The van der Waals surface area contributed by atoms with Gasteiger partial charge in [-0.1, -0.05) is 18.2 Å². The molecule has 1 heterocycles. The molecule has 1 N–H and O–H groups in total. The second kappa shape index (κ2) is 4.92. The van der Waals surface area contributed by atoms with E-state index in [-0.39, 0.29) is 5.56 Å². The summed E-state index contributed by atoms with van der Waals surface area (Å²) in [6, 6.07) is 12.5. The molecule has 3 aromatic rings. The van der Waals surface area contributed by atoms with E-state index < -0.39 is 11.7 Å². The molecular formula is C17H11F3N2. The Bertz CT molecular complexity index is 898. The Labute approximate surface area is 124 Å². The maximum Gasteiger partial charge on any atom is 0.417 e. The van der Waals surface area contributed by atoms with Crippen molar-refractivity contribution in [1.29, 1.82) is 5.26 Å². The molecule has 1 aromatic heterocycles. The number of hydrogen-bond donors (Lipinski definition) is 1. The predicted octanol–water partition coefficient (Wildman–Crippen LogP) is 5.03. The fraction of sp³-hybridized carbons (Fsp3) is 0.118. The predicted molar refractivity (Wildman–Crippen MR) is 78.2 cm³/mol. The maximum atomic E-state index is 13.2. The zero-order valence-electron chi connectivity index (χ0n) is 11.6. The highest BCUT2D eigenvalue weighted by atomic mass is 19.4. The topological polar surface area (TPSA) is 39.6 Å². The summed E-state index contributed by atoms with van der Waals surface area (Å²) in [4.78, 5) is 3.03. The highest BCUT2D eigenvalue weighted by Gasteiger charge is 2.34. The number of benzene rings is 2. The second-order valence-corrected chi connectivity index (χ2v) is 5.04. The van der Waals surface area contributed by atoms with Crippen molar-refractivity contribution in [2.45, 2.75) is 13.1 Å². The van der Waals surface area contributed by atoms with Gasteiger partial charge in [-0.15, -0.1) is 0 Å². The third-order valence-corrected chi connectivity index (χ3v) is 3.69. The Morgan fingerprint density at radius 1 is 1.09 bits per heavy atom. The number of rotatable bonds is 1. The van der Waals surface area contributed by atoms with Gasteiger partial charge < -0.3 is 4.98 Å². The van der Waals surface area contributed by atoms with Gasteiger partial charge in [-0.05, 0) is 36.8 Å². The quantitative estimate of drug-likeness (QED) is 0.672. The van der Waals surface area contributed by atoms with E-state index >= 15 is 0 Å². The molecule has 22 heavy (non-hydrogen) atoms. The van der Waals surface area contributed by atoms with Crippen LogP contribution in [0.15, 0.2) is 42.5 Å². The number of nitrogens with one attached hydrogen (secondary N) is 1. The molecule has 0 bridgehead atoms. The average molecular weight is 300 g/mol. The van der Waals surface area contributed by atoms with Crippen molar-refractivity contribution in [3.8, 4) is 17.3 Å². The van der Waals surface area contributed by atoms with E-state index in [9.17, 15) is 13.2 Å². The summed E-state index contributed by atoms with van der Waals surface area (Å²) in [5.74, 6) is 0. The van der Waals surface area contributed by atoms with Crippen molar-refractivity contribution in [1.82, 2.24) is 4.98 Å². The number of aromatic amines is 1. The number of fused-ring (bicyclic) bond motifs is 1. The lowest BCUT2D eigenvalue weighted by atomic mass is 10.0. The van der Waals surface area contributed by atoms with Gasteiger partial charge in [0.05, 0.1) is 22.9 Å². The number of nitriles is 1. The lowest BCUT2D eigenvalue weighted by molar-refractivity contribution is -0.137. The molecule has 0 aliphatic rings. The summed E-state index contributed by atoms with van der Waals surface area (Å²) in [6.07, 6.45) is -4.42. The first-order valence-electron chi connectivity index (χ1n) is 6.61. The molecule has 110 valence electrons. The number of alkyl halides is 3. The number of halogens is 3. The minimum Gasteiger partial charge on any atom is -0.354 e. The van der Waals surface area contributed by atoms with Crippen molar-refractivity contribution in [3.63, 3.8) is 0 Å². The molecule has 0 radical (unpaired) electrons. The smallest absolute Gasteiger partial charge is 0.354 e. The first-order valence-corrected chi connectivity index (χ1v) is 6.61. The van der Waals surface area contributed by atoms with Crippen molar-refractivity contribution < 1.29 is 13.2 Å². The first-order chi connectivity index (χ1) is 10.4. The molecule has 0 fully saturated rings. The van der Waals surface area contributed by atoms with E-state index in [4.69, 9.17) is 5.26 Å². The molecule has 0 spiro atoms. The molecule has 5 heteroatoms. The maximum absolute atomic E-state index is 13.2. The minimum absolute atomic E-state index is 0.113. The Kier molecular flexibility index (Phi) is 3.18. The highest BCUT2D eigenvalue weighted by molar-refractivity contribution is 5.91. The normalized spacial score (nSPS) is 11.6. The van der Waals surface area contributed by atoms with Gasteiger partial charge in [0.1, 0.15) is 0 Å². The summed E-state index contributed by atoms with van der Waals surface area (Å²) in [5.41, 5.74) is 1.75. The van der Waals surface area contributed by atoms with Gasteiger partial charge >= 0.3 is 6.18 Å². The van der Waals surface area contributed by atoms with Crippen LogP contribution in [0.25, 0.3) is 22.2 Å². The average Bonchev–Trinajstić information content (AvgIpc) is 2.83. The molecule has 0 aliphatic heterocycles. The molecule has 0 unspecified atom stereocenters. The zero-order valence-corrected chi connectivity index (χ0v) is 11.6. The van der Waals surface area contributed by atoms with E-state index in [2.05, 4.69) is 4.98 Å². The summed E-state index contributed by atoms with van der Waals surface area (Å²) in [7, 11) is 0. The number of H-pyrrole nitrogens is 1. The van der Waals surface area contributed by atoms with E-state index in [0.717, 1.165) is 11.5 Å². The highest BCUT2D eigenvalue weighted by Crippen LogP contribution is 2.39. The van der Waals surface area contributed by atoms with Gasteiger partial charge in [0, 0.05) is 16.5 Å². The zero-order chi connectivity index (χ0) is 15.9. The second-order valence-electron chi connectivity index (χ2n) is 5.04. The van der Waals surface area contributed by atoms with Crippen LogP contribution in [0, 0.1) is 18.3 Å². The van der Waals surface area contributed by atoms with Gasteiger partial charge in [-0.3, -0.25) is 0 Å². The van der Waals surface area contributed by atoms with Crippen molar-refractivity contribution in [3.05, 3.63) is 59.2 Å². The summed E-state index contributed by atoms with van der Waals surface area (Å²) in [6.45, 7) is 1.75. The Balaban J connectivity index is 2.29. The summed E-state index contributed by atoms with van der Waals surface area (Å²) >= 11 is 0. The molecule has 3 rings (SSSR count). The van der Waals surface area contributed by atoms with Crippen molar-refractivity contribution in [2.75, 3.05) is 0 Å². The fourth-order valence-electron chi connectivity index (χ4n) is 2.61. The van der Waals surface area contributed by atoms with Crippen LogP contribution in [0.2, 0.25) is 0 Å². The van der Waals surface area contributed by atoms with E-state index in [1.54, 1.807) is 31.2 Å². The first kappa shape index (κ1) is 14.2. The van der Waals surface area contributed by atoms with Crippen LogP contribution in [0.3, 0.4) is 0 Å². The third kappa shape index (κ3) is 2.23. The lowest BCUT2D eigenvalue weighted by Crippen LogP contribution is -2.07. The van der Waals surface area contributed by atoms with Crippen LogP contribution in [0.4, 0.5) is 13.2 Å². The van der Waals surface area contributed by atoms with Crippen LogP contribution in [0.1, 0.15) is 16.7 Å². The summed E-state index contributed by atoms with van der Waals surface area (Å²) in [5, 5.41) is 9.71. The van der Waals surface area contributed by atoms with E-state index in [1.807, 2.05) is 6.07 Å². The lowest BCUT2D eigenvalue weighted by Gasteiger charge is -2.12. The number of hydrogen-bond acceptors (Lipinski definition) is 1. The van der Waals surface area contributed by atoms with Gasteiger partial charge in [0.25, 0.3) is 0 Å². The van der Waals surface area contributed by atoms with Gasteiger partial charge in [0.15, 0.2) is 0 Å². The number of aryl methyl sites for hydroxylation is 1. The van der Waals surface area contributed by atoms with E-state index in [0.29, 0.717) is 22.3 Å². The molecule has 2 aromatic carbocycles. The van der Waals surface area contributed by atoms with Crippen LogP contribution in [-0.4, -0.2) is 4.98 Å². The Morgan fingerprint density at radius 2 is 1.82 bits per heavy atom. The molecule has 0 amide bonds. The van der Waals surface area contributed by atoms with Crippen molar-refractivity contribution in [2.24, 2.45) is 0 Å². The number of nitrogens with zero attached hydrogens (tertiary/aromatic N) is 1. The van der Waals surface area contributed by atoms with Crippen LogP contribution in [-0.2, 0) is 6.18 Å². The Hall–Kier alpha value is -2.74. The summed E-state index contributed by atoms with van der Waals surface area (Å²) < 4.78 is 39.5. The Morgan fingerprint density at radius 3 is 2.50 bits per heavy atom. The van der Waals surface area contributed by atoms with Crippen molar-refractivity contribution >= 4 is 10.9 Å². The molecular weight excluding hydrogens is 289 g/mol. The van der Waals surface area contributed by atoms with Crippen LogP contribution < -0.4 is 0 Å². The van der Waals surface area contributed by atoms with Crippen LogP contribution in [0.5, 0.6) is 0 Å². The molecule has 2 nitrogen and oxygen atoms in total. The number of aromatic nitrogens is 1. The van der Waals surface area contributed by atoms with Gasteiger partial charge in [-0.25, -0.2) is 0 Å². The molecule has 0 saturated carbocycles. The standard InChI is InChI=1S/C17H11F3N2/c1-10-13-8-11(9-21)6-7-15(13)22-16(10)12-4-2-3-5-14(12)17(18,19)20/h2-8,22H,1H3. The van der Waals surface area contributed by atoms with E-state index in [1.165, 1.54) is 12.1 Å². The largest absolute Gasteiger partial charge is 0.417 e. The van der Waals surface area contributed by atoms with Gasteiger partial charge in [0.2, 0.25) is 0 Å². The molecule has 0 atom stereocenters. The van der Waals surface area contributed by atoms with Crippen LogP contribution >= 0.6 is 0 Å². The minimum atomic E-state index is -4.42. The molecule has 0 aliphatic carbocycles. The molecule has 0 saturated heterocycles. The monoisotopic (exact) mass is 300 g/mol. The fourth-order valence-corrected chi connectivity index (χ4v) is 2.61.